The van der Waals surface area contributed by atoms with Gasteiger partial charge in [0.1, 0.15) is 6.10 Å². The first-order valence-corrected chi connectivity index (χ1v) is 11.6. The standard InChI is InChI=1S/C28H31N3O5/c1-19(10-6-9-15-26(33)31-23-14-8-7-13-22(23)29)27(20-16-17-25(35-2)24(32)18-20)36-28(34)30-21-11-4-3-5-12-21/h3-5,7-9,11-19,27,32H,6,10,29H2,1-2H3,(H,30,34)(H,31,33)/b15-9+/t19-,27-/m0/s1. The number of carbonyl (C=O) groups is 2. The molecule has 0 saturated heterocycles. The van der Waals surface area contributed by atoms with Gasteiger partial charge in [0.25, 0.3) is 0 Å². The average molecular weight is 490 g/mol. The minimum absolute atomic E-state index is 0.0454. The zero-order valence-electron chi connectivity index (χ0n) is 20.3. The lowest BCUT2D eigenvalue weighted by Gasteiger charge is -2.25. The number of methoxy groups -OCH3 is 1. The number of anilines is 3. The Morgan fingerprint density at radius 1 is 1.03 bits per heavy atom. The zero-order chi connectivity index (χ0) is 25.9. The van der Waals surface area contributed by atoms with Crippen LogP contribution < -0.4 is 21.1 Å². The van der Waals surface area contributed by atoms with E-state index in [2.05, 4.69) is 10.6 Å². The molecule has 2 amide bonds. The van der Waals surface area contributed by atoms with Crippen LogP contribution in [0.4, 0.5) is 21.9 Å². The highest BCUT2D eigenvalue weighted by Gasteiger charge is 2.24. The second-order valence-electron chi connectivity index (χ2n) is 8.28. The summed E-state index contributed by atoms with van der Waals surface area (Å²) in [5, 5.41) is 15.7. The van der Waals surface area contributed by atoms with Crippen molar-refractivity contribution in [3.8, 4) is 11.5 Å². The number of ether oxygens (including phenoxy) is 2. The van der Waals surface area contributed by atoms with Gasteiger partial charge < -0.3 is 25.6 Å². The summed E-state index contributed by atoms with van der Waals surface area (Å²) in [6.45, 7) is 1.94. The third-order valence-corrected chi connectivity index (χ3v) is 5.58. The van der Waals surface area contributed by atoms with Crippen molar-refractivity contribution in [1.82, 2.24) is 0 Å². The van der Waals surface area contributed by atoms with E-state index in [0.29, 0.717) is 41.2 Å². The van der Waals surface area contributed by atoms with E-state index in [1.165, 1.54) is 19.3 Å². The summed E-state index contributed by atoms with van der Waals surface area (Å²) in [5.41, 5.74) is 8.14. The Balaban J connectivity index is 1.65. The number of hydrogen-bond acceptors (Lipinski definition) is 6. The number of phenolic OH excluding ortho intramolecular Hbond substituents is 1. The van der Waals surface area contributed by atoms with E-state index in [1.54, 1.807) is 54.6 Å². The Labute approximate surface area is 210 Å². The lowest BCUT2D eigenvalue weighted by Crippen LogP contribution is -2.22. The van der Waals surface area contributed by atoms with E-state index in [1.807, 2.05) is 25.1 Å². The molecule has 0 spiro atoms. The monoisotopic (exact) mass is 489 g/mol. The zero-order valence-corrected chi connectivity index (χ0v) is 20.3. The molecule has 2 atom stereocenters. The summed E-state index contributed by atoms with van der Waals surface area (Å²) in [6, 6.07) is 20.9. The lowest BCUT2D eigenvalue weighted by molar-refractivity contribution is -0.111. The highest BCUT2D eigenvalue weighted by Crippen LogP contribution is 2.35. The number of rotatable bonds is 10. The fraction of sp³-hybridized carbons (Fsp3) is 0.214. The normalized spacial score (nSPS) is 12.5. The van der Waals surface area contributed by atoms with Crippen LogP contribution in [0.1, 0.15) is 31.4 Å². The lowest BCUT2D eigenvalue weighted by atomic mass is 9.92. The van der Waals surface area contributed by atoms with Crippen LogP contribution in [0, 0.1) is 5.92 Å². The molecule has 3 aromatic rings. The molecule has 8 nitrogen and oxygen atoms in total. The fourth-order valence-electron chi connectivity index (χ4n) is 3.67. The van der Waals surface area contributed by atoms with E-state index >= 15 is 0 Å². The van der Waals surface area contributed by atoms with Crippen LogP contribution in [0.5, 0.6) is 11.5 Å². The van der Waals surface area contributed by atoms with Crippen LogP contribution >= 0.6 is 0 Å². The first-order chi connectivity index (χ1) is 17.4. The molecule has 0 saturated carbocycles. The van der Waals surface area contributed by atoms with Crippen molar-refractivity contribution in [2.45, 2.75) is 25.9 Å². The van der Waals surface area contributed by atoms with E-state index < -0.39 is 12.2 Å². The van der Waals surface area contributed by atoms with Crippen LogP contribution in [0.2, 0.25) is 0 Å². The molecule has 0 aliphatic heterocycles. The number of phenols is 1. The molecule has 0 bridgehead atoms. The number of benzene rings is 3. The van der Waals surface area contributed by atoms with Gasteiger partial charge >= 0.3 is 6.09 Å². The van der Waals surface area contributed by atoms with Crippen LogP contribution in [0.25, 0.3) is 0 Å². The minimum atomic E-state index is -0.642. The van der Waals surface area contributed by atoms with Gasteiger partial charge in [-0.05, 0) is 66.8 Å². The Kier molecular flexibility index (Phi) is 9.33. The van der Waals surface area contributed by atoms with Gasteiger partial charge in [-0.3, -0.25) is 10.1 Å². The van der Waals surface area contributed by atoms with Crippen molar-refractivity contribution >= 4 is 29.1 Å². The van der Waals surface area contributed by atoms with Crippen molar-refractivity contribution < 1.29 is 24.2 Å². The molecule has 0 aromatic heterocycles. The van der Waals surface area contributed by atoms with Crippen molar-refractivity contribution in [2.75, 3.05) is 23.5 Å². The van der Waals surface area contributed by atoms with Gasteiger partial charge in [-0.25, -0.2) is 4.79 Å². The quantitative estimate of drug-likeness (QED) is 0.208. The van der Waals surface area contributed by atoms with E-state index in [0.717, 1.165) is 0 Å². The molecule has 36 heavy (non-hydrogen) atoms. The number of nitrogens with one attached hydrogen (secondary N) is 2. The fourth-order valence-corrected chi connectivity index (χ4v) is 3.67. The molecule has 8 heteroatoms. The Morgan fingerprint density at radius 3 is 2.44 bits per heavy atom. The number of hydrogen-bond donors (Lipinski definition) is 4. The molecular weight excluding hydrogens is 458 g/mol. The van der Waals surface area contributed by atoms with E-state index in [9.17, 15) is 14.7 Å². The second kappa shape index (κ2) is 12.9. The highest BCUT2D eigenvalue weighted by atomic mass is 16.6. The number of carbonyl (C=O) groups excluding carboxylic acids is 2. The molecule has 0 radical (unpaired) electrons. The van der Waals surface area contributed by atoms with Gasteiger partial charge in [-0.15, -0.1) is 0 Å². The summed E-state index contributed by atoms with van der Waals surface area (Å²) in [5.74, 6) is -0.129. The van der Waals surface area contributed by atoms with Gasteiger partial charge in [-0.2, -0.15) is 0 Å². The summed E-state index contributed by atoms with van der Waals surface area (Å²) in [7, 11) is 1.47. The number of aromatic hydroxyl groups is 1. The number of nitrogens with two attached hydrogens (primary N) is 1. The molecule has 0 aliphatic carbocycles. The number of nitrogen functional groups attached to an aromatic ring is 1. The topological polar surface area (TPSA) is 123 Å². The van der Waals surface area contributed by atoms with Gasteiger partial charge in [0.15, 0.2) is 11.5 Å². The molecule has 188 valence electrons. The van der Waals surface area contributed by atoms with E-state index in [-0.39, 0.29) is 17.6 Å². The predicted octanol–water partition coefficient (Wildman–Crippen LogP) is 5.88. The Morgan fingerprint density at radius 2 is 1.75 bits per heavy atom. The molecule has 3 rings (SSSR count). The van der Waals surface area contributed by atoms with Crippen molar-refractivity contribution in [1.29, 1.82) is 0 Å². The third kappa shape index (κ3) is 7.53. The minimum Gasteiger partial charge on any atom is -0.504 e. The second-order valence-corrected chi connectivity index (χ2v) is 8.28. The first-order valence-electron chi connectivity index (χ1n) is 11.6. The summed E-state index contributed by atoms with van der Waals surface area (Å²) in [6.07, 6.45) is 3.16. The smallest absolute Gasteiger partial charge is 0.412 e. The molecule has 0 aliphatic rings. The molecule has 0 heterocycles. The summed E-state index contributed by atoms with van der Waals surface area (Å²) < 4.78 is 10.9. The molecule has 5 N–H and O–H groups in total. The maximum absolute atomic E-state index is 12.6. The van der Waals surface area contributed by atoms with Gasteiger partial charge in [-0.1, -0.05) is 49.4 Å². The molecule has 0 fully saturated rings. The van der Waals surface area contributed by atoms with Gasteiger partial charge in [0.05, 0.1) is 18.5 Å². The van der Waals surface area contributed by atoms with Gasteiger partial charge in [0, 0.05) is 5.69 Å². The van der Waals surface area contributed by atoms with Crippen LogP contribution in [0.3, 0.4) is 0 Å². The van der Waals surface area contributed by atoms with E-state index in [4.69, 9.17) is 15.2 Å². The van der Waals surface area contributed by atoms with Crippen molar-refractivity contribution in [3.63, 3.8) is 0 Å². The number of para-hydroxylation sites is 3. The van der Waals surface area contributed by atoms with Crippen LogP contribution in [-0.2, 0) is 9.53 Å². The molecular formula is C28H31N3O5. The third-order valence-electron chi connectivity index (χ3n) is 5.58. The van der Waals surface area contributed by atoms with Crippen LogP contribution in [0.15, 0.2) is 84.9 Å². The number of amides is 2. The SMILES string of the molecule is COc1ccc([C@@H](OC(=O)Nc2ccccc2)[C@@H](C)CC/C=C/C(=O)Nc2ccccc2N)cc1O. The Bertz CT molecular complexity index is 1200. The Hall–Kier alpha value is -4.46. The number of allylic oxidation sites excluding steroid dienone is 1. The molecule has 0 unspecified atom stereocenters. The first kappa shape index (κ1) is 26.2. The summed E-state index contributed by atoms with van der Waals surface area (Å²) >= 11 is 0. The summed E-state index contributed by atoms with van der Waals surface area (Å²) in [4.78, 5) is 24.8. The largest absolute Gasteiger partial charge is 0.504 e. The van der Waals surface area contributed by atoms with Crippen LogP contribution in [-0.4, -0.2) is 24.2 Å². The predicted molar refractivity (Wildman–Crippen MR) is 141 cm³/mol. The van der Waals surface area contributed by atoms with Crippen molar-refractivity contribution in [3.05, 3.63) is 90.5 Å². The molecule has 3 aromatic carbocycles. The highest BCUT2D eigenvalue weighted by molar-refractivity contribution is 6.01. The maximum Gasteiger partial charge on any atom is 0.412 e. The van der Waals surface area contributed by atoms with Crippen molar-refractivity contribution in [2.24, 2.45) is 5.92 Å². The average Bonchev–Trinajstić information content (AvgIpc) is 2.87. The van der Waals surface area contributed by atoms with Gasteiger partial charge in [0.2, 0.25) is 5.91 Å². The maximum atomic E-state index is 12.6.